The molecule has 3 heteroatoms. The first-order valence-corrected chi connectivity index (χ1v) is 6.63. The Morgan fingerprint density at radius 3 is 2.78 bits per heavy atom. The monoisotopic (exact) mass is 244 g/mol. The Balaban J connectivity index is 1.99. The van der Waals surface area contributed by atoms with Crippen LogP contribution in [0.3, 0.4) is 0 Å². The summed E-state index contributed by atoms with van der Waals surface area (Å²) >= 11 is 0. The molecule has 0 unspecified atom stereocenters. The van der Waals surface area contributed by atoms with E-state index in [0.29, 0.717) is 0 Å². The van der Waals surface area contributed by atoms with E-state index in [4.69, 9.17) is 4.74 Å². The van der Waals surface area contributed by atoms with Gasteiger partial charge in [-0.25, -0.2) is 0 Å². The van der Waals surface area contributed by atoms with Crippen molar-refractivity contribution in [2.45, 2.75) is 19.4 Å². The van der Waals surface area contributed by atoms with E-state index >= 15 is 0 Å². The highest BCUT2D eigenvalue weighted by Crippen LogP contribution is 2.39. The molecule has 0 spiro atoms. The summed E-state index contributed by atoms with van der Waals surface area (Å²) < 4.78 is 6.15. The summed E-state index contributed by atoms with van der Waals surface area (Å²) in [6, 6.07) is 6.40. The second-order valence-corrected chi connectivity index (χ2v) is 5.47. The van der Waals surface area contributed by atoms with Gasteiger partial charge in [-0.05, 0) is 26.0 Å². The van der Waals surface area contributed by atoms with E-state index in [9.17, 15) is 0 Å². The van der Waals surface area contributed by atoms with Gasteiger partial charge in [0.1, 0.15) is 5.60 Å². The maximum atomic E-state index is 6.15. The number of benzene rings is 1. The predicted octanol–water partition coefficient (Wildman–Crippen LogP) is 2.28. The number of piperazine rings is 1. The van der Waals surface area contributed by atoms with Crippen LogP contribution < -0.4 is 15.0 Å². The summed E-state index contributed by atoms with van der Waals surface area (Å²) in [5, 5.41) is 3.38. The Bertz CT molecular complexity index is 473. The Labute approximate surface area is 108 Å². The zero-order chi connectivity index (χ0) is 12.6. The van der Waals surface area contributed by atoms with Crippen molar-refractivity contribution in [3.63, 3.8) is 0 Å². The summed E-state index contributed by atoms with van der Waals surface area (Å²) in [4.78, 5) is 2.41. The van der Waals surface area contributed by atoms with Gasteiger partial charge in [0.05, 0.1) is 5.69 Å². The van der Waals surface area contributed by atoms with E-state index in [-0.39, 0.29) is 5.60 Å². The van der Waals surface area contributed by atoms with Crippen LogP contribution in [0.5, 0.6) is 5.75 Å². The number of nitrogens with zero attached hydrogens (tertiary/aromatic N) is 1. The van der Waals surface area contributed by atoms with Gasteiger partial charge in [-0.3, -0.25) is 0 Å². The number of anilines is 1. The van der Waals surface area contributed by atoms with Gasteiger partial charge in [0.2, 0.25) is 0 Å². The third kappa shape index (κ3) is 2.10. The van der Waals surface area contributed by atoms with Gasteiger partial charge in [-0.2, -0.15) is 0 Å². The Morgan fingerprint density at radius 2 is 2.00 bits per heavy atom. The van der Waals surface area contributed by atoms with Gasteiger partial charge in [-0.15, -0.1) is 0 Å². The fourth-order valence-electron chi connectivity index (χ4n) is 2.53. The van der Waals surface area contributed by atoms with E-state index in [1.54, 1.807) is 0 Å². The lowest BCUT2D eigenvalue weighted by Crippen LogP contribution is -2.44. The standard InChI is InChI=1S/C15H20N2O/c1-15(2)7-6-12-4-3-5-13(14(12)18-15)17-10-8-16-9-11-17/h3-7,16H,8-11H2,1-2H3. The number of ether oxygens (including phenoxy) is 1. The molecule has 0 radical (unpaired) electrons. The van der Waals surface area contributed by atoms with E-state index < -0.39 is 0 Å². The highest BCUT2D eigenvalue weighted by atomic mass is 16.5. The van der Waals surface area contributed by atoms with Crippen molar-refractivity contribution < 1.29 is 4.74 Å². The fourth-order valence-corrected chi connectivity index (χ4v) is 2.53. The van der Waals surface area contributed by atoms with Crippen LogP contribution in [0, 0.1) is 0 Å². The molecule has 1 aromatic carbocycles. The molecule has 96 valence electrons. The Kier molecular flexibility index (Phi) is 2.78. The molecule has 0 amide bonds. The van der Waals surface area contributed by atoms with Gasteiger partial charge in [0, 0.05) is 31.7 Å². The first-order chi connectivity index (χ1) is 8.66. The van der Waals surface area contributed by atoms with E-state index in [1.807, 2.05) is 0 Å². The lowest BCUT2D eigenvalue weighted by molar-refractivity contribution is 0.159. The van der Waals surface area contributed by atoms with Gasteiger partial charge < -0.3 is 15.0 Å². The van der Waals surface area contributed by atoms with Gasteiger partial charge in [0.15, 0.2) is 5.75 Å². The van der Waals surface area contributed by atoms with Gasteiger partial charge in [-0.1, -0.05) is 18.2 Å². The van der Waals surface area contributed by atoms with Crippen molar-refractivity contribution in [2.24, 2.45) is 0 Å². The normalized spacial score (nSPS) is 21.3. The molecule has 1 saturated heterocycles. The van der Waals surface area contributed by atoms with Crippen LogP contribution in [0.15, 0.2) is 24.3 Å². The maximum Gasteiger partial charge on any atom is 0.151 e. The van der Waals surface area contributed by atoms with Crippen molar-refractivity contribution in [3.8, 4) is 5.75 Å². The summed E-state index contributed by atoms with van der Waals surface area (Å²) in [6.07, 6.45) is 4.29. The highest BCUT2D eigenvalue weighted by molar-refractivity contribution is 5.72. The number of fused-ring (bicyclic) bond motifs is 1. The van der Waals surface area contributed by atoms with Crippen molar-refractivity contribution >= 4 is 11.8 Å². The van der Waals surface area contributed by atoms with E-state index in [1.165, 1.54) is 11.3 Å². The fraction of sp³-hybridized carbons (Fsp3) is 0.467. The minimum absolute atomic E-state index is 0.211. The first-order valence-electron chi connectivity index (χ1n) is 6.63. The Morgan fingerprint density at radius 1 is 1.22 bits per heavy atom. The summed E-state index contributed by atoms with van der Waals surface area (Å²) in [5.41, 5.74) is 2.20. The molecular weight excluding hydrogens is 224 g/mol. The van der Waals surface area contributed by atoms with Crippen LogP contribution in [0.4, 0.5) is 5.69 Å². The maximum absolute atomic E-state index is 6.15. The largest absolute Gasteiger partial charge is 0.481 e. The topological polar surface area (TPSA) is 24.5 Å². The molecule has 1 aromatic rings. The average Bonchev–Trinajstić information content (AvgIpc) is 2.38. The summed E-state index contributed by atoms with van der Waals surface area (Å²) in [7, 11) is 0. The predicted molar refractivity (Wildman–Crippen MR) is 75.3 cm³/mol. The Hall–Kier alpha value is -1.48. The van der Waals surface area contributed by atoms with Crippen LogP contribution in [-0.4, -0.2) is 31.8 Å². The highest BCUT2D eigenvalue weighted by Gasteiger charge is 2.25. The van der Waals surface area contributed by atoms with Crippen molar-refractivity contribution in [3.05, 3.63) is 29.8 Å². The number of rotatable bonds is 1. The number of para-hydroxylation sites is 1. The van der Waals surface area contributed by atoms with Crippen LogP contribution in [0.2, 0.25) is 0 Å². The van der Waals surface area contributed by atoms with Gasteiger partial charge in [0.25, 0.3) is 0 Å². The zero-order valence-corrected chi connectivity index (χ0v) is 11.1. The molecule has 2 aliphatic heterocycles. The summed E-state index contributed by atoms with van der Waals surface area (Å²) in [6.45, 7) is 8.38. The molecule has 0 bridgehead atoms. The van der Waals surface area contributed by atoms with Crippen LogP contribution in [0.1, 0.15) is 19.4 Å². The molecule has 18 heavy (non-hydrogen) atoms. The number of hydrogen-bond donors (Lipinski definition) is 1. The minimum atomic E-state index is -0.211. The van der Waals surface area contributed by atoms with Crippen LogP contribution in [0.25, 0.3) is 6.08 Å². The second kappa shape index (κ2) is 4.32. The van der Waals surface area contributed by atoms with Crippen LogP contribution >= 0.6 is 0 Å². The van der Waals surface area contributed by atoms with Crippen molar-refractivity contribution in [1.29, 1.82) is 0 Å². The quantitative estimate of drug-likeness (QED) is 0.820. The minimum Gasteiger partial charge on any atom is -0.481 e. The van der Waals surface area contributed by atoms with Crippen molar-refractivity contribution in [2.75, 3.05) is 31.1 Å². The molecule has 2 aliphatic rings. The molecule has 0 aliphatic carbocycles. The first kappa shape index (κ1) is 11.6. The third-order valence-corrected chi connectivity index (χ3v) is 3.51. The molecule has 2 heterocycles. The molecule has 0 aromatic heterocycles. The molecular formula is C15H20N2O. The molecule has 0 saturated carbocycles. The van der Waals surface area contributed by atoms with Crippen LogP contribution in [-0.2, 0) is 0 Å². The SMILES string of the molecule is CC1(C)C=Cc2cccc(N3CCNCC3)c2O1. The summed E-state index contributed by atoms with van der Waals surface area (Å²) in [5.74, 6) is 1.03. The molecule has 3 nitrogen and oxygen atoms in total. The van der Waals surface area contributed by atoms with E-state index in [2.05, 4.69) is 54.4 Å². The zero-order valence-electron chi connectivity index (χ0n) is 11.1. The number of hydrogen-bond acceptors (Lipinski definition) is 3. The second-order valence-electron chi connectivity index (χ2n) is 5.47. The molecule has 0 atom stereocenters. The molecule has 3 rings (SSSR count). The average molecular weight is 244 g/mol. The third-order valence-electron chi connectivity index (χ3n) is 3.51. The smallest absolute Gasteiger partial charge is 0.151 e. The van der Waals surface area contributed by atoms with Gasteiger partial charge >= 0.3 is 0 Å². The molecule has 1 fully saturated rings. The van der Waals surface area contributed by atoms with E-state index in [0.717, 1.165) is 31.9 Å². The molecule has 1 N–H and O–H groups in total. The van der Waals surface area contributed by atoms with Crippen molar-refractivity contribution in [1.82, 2.24) is 5.32 Å². The number of nitrogens with one attached hydrogen (secondary N) is 1. The lowest BCUT2D eigenvalue weighted by atomic mass is 10.0. The lowest BCUT2D eigenvalue weighted by Gasteiger charge is -2.35.